The molecule has 0 N–H and O–H groups in total. The lowest BCUT2D eigenvalue weighted by Crippen LogP contribution is -2.57. The monoisotopic (exact) mass is 542 g/mol. The second-order valence-electron chi connectivity index (χ2n) is 10.5. The Morgan fingerprint density at radius 3 is 2.16 bits per heavy atom. The van der Waals surface area contributed by atoms with Crippen molar-refractivity contribution in [1.29, 1.82) is 0 Å². The van der Waals surface area contributed by atoms with E-state index in [9.17, 15) is 14.4 Å². The van der Waals surface area contributed by atoms with Gasteiger partial charge in [-0.2, -0.15) is 0 Å². The number of likely N-dealkylation sites (tertiary alicyclic amines) is 2. The van der Waals surface area contributed by atoms with Crippen LogP contribution in [0, 0.1) is 5.92 Å². The topological polar surface area (TPSA) is 64.2 Å². The van der Waals surface area contributed by atoms with E-state index in [4.69, 9.17) is 23.2 Å². The molecule has 0 bridgehead atoms. The van der Waals surface area contributed by atoms with E-state index in [0.29, 0.717) is 54.1 Å². The Morgan fingerprint density at radius 2 is 1.54 bits per heavy atom. The lowest BCUT2D eigenvalue weighted by Gasteiger charge is -2.43. The molecule has 9 heteroatoms. The molecule has 3 saturated heterocycles. The first-order valence-electron chi connectivity index (χ1n) is 12.9. The van der Waals surface area contributed by atoms with E-state index in [1.54, 1.807) is 28.0 Å². The quantitative estimate of drug-likeness (QED) is 0.569. The largest absolute Gasteiger partial charge is 0.341 e. The van der Waals surface area contributed by atoms with Crippen LogP contribution in [0.4, 0.5) is 5.69 Å². The predicted molar refractivity (Wildman–Crippen MR) is 145 cm³/mol. The molecule has 3 aliphatic rings. The predicted octanol–water partition coefficient (Wildman–Crippen LogP) is 4.53. The Balaban J connectivity index is 1.34. The molecule has 0 atom stereocenters. The first-order valence-corrected chi connectivity index (χ1v) is 13.7. The zero-order chi connectivity index (χ0) is 26.2. The molecule has 37 heavy (non-hydrogen) atoms. The van der Waals surface area contributed by atoms with Crippen LogP contribution in [0.2, 0.25) is 10.0 Å². The van der Waals surface area contributed by atoms with E-state index in [1.807, 2.05) is 35.2 Å². The van der Waals surface area contributed by atoms with Crippen LogP contribution in [0.25, 0.3) is 0 Å². The third kappa shape index (κ3) is 5.16. The molecule has 196 valence electrons. The summed E-state index contributed by atoms with van der Waals surface area (Å²) >= 11 is 12.2. The number of rotatable bonds is 4. The summed E-state index contributed by atoms with van der Waals surface area (Å²) in [4.78, 5) is 47.7. The molecule has 2 aromatic carbocycles. The van der Waals surface area contributed by atoms with Crippen molar-refractivity contribution in [3.8, 4) is 0 Å². The van der Waals surface area contributed by atoms with Crippen LogP contribution in [-0.4, -0.2) is 77.4 Å². The maximum Gasteiger partial charge on any atom is 0.253 e. The molecule has 0 saturated carbocycles. The minimum absolute atomic E-state index is 0.00996. The summed E-state index contributed by atoms with van der Waals surface area (Å²) in [5, 5.41) is 0.822. The first-order chi connectivity index (χ1) is 17.8. The van der Waals surface area contributed by atoms with Crippen molar-refractivity contribution in [3.63, 3.8) is 0 Å². The van der Waals surface area contributed by atoms with Gasteiger partial charge in [0.25, 0.3) is 11.8 Å². The van der Waals surface area contributed by atoms with Crippen molar-refractivity contribution in [3.05, 3.63) is 64.1 Å². The van der Waals surface area contributed by atoms with Crippen molar-refractivity contribution in [2.24, 2.45) is 5.92 Å². The van der Waals surface area contributed by atoms with Gasteiger partial charge in [0.2, 0.25) is 5.91 Å². The van der Waals surface area contributed by atoms with E-state index in [-0.39, 0.29) is 24.3 Å². The molecule has 0 aliphatic carbocycles. The highest BCUT2D eigenvalue weighted by Gasteiger charge is 2.54. The molecule has 3 aliphatic heterocycles. The molecular weight excluding hydrogens is 511 g/mol. The Bertz CT molecular complexity index is 1150. The van der Waals surface area contributed by atoms with Gasteiger partial charge in [-0.3, -0.25) is 14.4 Å². The van der Waals surface area contributed by atoms with Gasteiger partial charge in [-0.1, -0.05) is 48.3 Å². The fourth-order valence-corrected chi connectivity index (χ4v) is 6.31. The van der Waals surface area contributed by atoms with E-state index < -0.39 is 5.54 Å². The standard InChI is InChI=1S/C28H32Cl2N4O3/c1-20-7-11-31(12-8-20)25(35)18-33-19-34(24-5-3-2-4-6-24)28(27(33)37)9-13-32(14-10-28)26(36)21-15-22(29)17-23(30)16-21/h2-6,15-17,20H,7-14,18-19H2,1H3. The molecule has 3 heterocycles. The number of carbonyl (C=O) groups excluding carboxylic acids is 3. The summed E-state index contributed by atoms with van der Waals surface area (Å²) in [6, 6.07) is 14.7. The summed E-state index contributed by atoms with van der Waals surface area (Å²) in [6.07, 6.45) is 2.96. The highest BCUT2D eigenvalue weighted by molar-refractivity contribution is 6.35. The maximum atomic E-state index is 13.9. The number of anilines is 1. The number of benzene rings is 2. The molecule has 0 radical (unpaired) electrons. The van der Waals surface area contributed by atoms with Crippen molar-refractivity contribution in [2.75, 3.05) is 44.3 Å². The fourth-order valence-electron chi connectivity index (χ4n) is 5.78. The first kappa shape index (κ1) is 25.9. The van der Waals surface area contributed by atoms with Crippen molar-refractivity contribution in [2.45, 2.75) is 38.1 Å². The van der Waals surface area contributed by atoms with Gasteiger partial charge in [0, 0.05) is 47.5 Å². The van der Waals surface area contributed by atoms with Crippen LogP contribution in [0.1, 0.15) is 43.0 Å². The van der Waals surface area contributed by atoms with Crippen LogP contribution < -0.4 is 4.90 Å². The van der Waals surface area contributed by atoms with Crippen molar-refractivity contribution < 1.29 is 14.4 Å². The highest BCUT2D eigenvalue weighted by atomic mass is 35.5. The summed E-state index contributed by atoms with van der Waals surface area (Å²) in [6.45, 7) is 5.00. The fraction of sp³-hybridized carbons (Fsp3) is 0.464. The lowest BCUT2D eigenvalue weighted by molar-refractivity contribution is -0.141. The Morgan fingerprint density at radius 1 is 0.919 bits per heavy atom. The summed E-state index contributed by atoms with van der Waals surface area (Å²) in [5.74, 6) is 0.455. The average molecular weight is 543 g/mol. The SMILES string of the molecule is CC1CCN(C(=O)CN2CN(c3ccccc3)C3(CCN(C(=O)c4cc(Cl)cc(Cl)c4)CC3)C2=O)CC1. The van der Waals surface area contributed by atoms with Gasteiger partial charge in [0.05, 0.1) is 6.67 Å². The van der Waals surface area contributed by atoms with Crippen molar-refractivity contribution in [1.82, 2.24) is 14.7 Å². The van der Waals surface area contributed by atoms with E-state index >= 15 is 0 Å². The average Bonchev–Trinajstić information content (AvgIpc) is 3.15. The molecule has 1 spiro atoms. The normalized spacial score (nSPS) is 20.1. The minimum atomic E-state index is -0.791. The van der Waals surface area contributed by atoms with E-state index in [2.05, 4.69) is 11.8 Å². The molecule has 3 amide bonds. The number of hydrogen-bond acceptors (Lipinski definition) is 4. The zero-order valence-electron chi connectivity index (χ0n) is 21.0. The maximum absolute atomic E-state index is 13.9. The van der Waals surface area contributed by atoms with Gasteiger partial charge >= 0.3 is 0 Å². The van der Waals surface area contributed by atoms with Gasteiger partial charge in [0.1, 0.15) is 12.1 Å². The molecule has 7 nitrogen and oxygen atoms in total. The Kier molecular flexibility index (Phi) is 7.37. The minimum Gasteiger partial charge on any atom is -0.341 e. The molecule has 5 rings (SSSR count). The second-order valence-corrected chi connectivity index (χ2v) is 11.3. The van der Waals surface area contributed by atoms with Crippen LogP contribution in [-0.2, 0) is 9.59 Å². The smallest absolute Gasteiger partial charge is 0.253 e. The van der Waals surface area contributed by atoms with Crippen molar-refractivity contribution >= 4 is 46.6 Å². The summed E-state index contributed by atoms with van der Waals surface area (Å²) < 4.78 is 0. The van der Waals surface area contributed by atoms with Gasteiger partial charge in [-0.25, -0.2) is 0 Å². The van der Waals surface area contributed by atoms with Gasteiger partial charge in [0.15, 0.2) is 0 Å². The van der Waals surface area contributed by atoms with Gasteiger partial charge < -0.3 is 19.6 Å². The molecule has 0 aromatic heterocycles. The zero-order valence-corrected chi connectivity index (χ0v) is 22.5. The number of amides is 3. The van der Waals surface area contributed by atoms with E-state index in [1.165, 1.54) is 0 Å². The lowest BCUT2D eigenvalue weighted by atomic mass is 9.85. The van der Waals surface area contributed by atoms with E-state index in [0.717, 1.165) is 31.6 Å². The molecule has 2 aromatic rings. The van der Waals surface area contributed by atoms with Crippen LogP contribution in [0.5, 0.6) is 0 Å². The number of carbonyl (C=O) groups is 3. The van der Waals surface area contributed by atoms with Crippen LogP contribution in [0.15, 0.2) is 48.5 Å². The van der Waals surface area contributed by atoms with Crippen LogP contribution >= 0.6 is 23.2 Å². The third-order valence-electron chi connectivity index (χ3n) is 8.03. The van der Waals surface area contributed by atoms with Gasteiger partial charge in [-0.05, 0) is 61.9 Å². The number of halogens is 2. The summed E-state index contributed by atoms with van der Waals surface area (Å²) in [7, 11) is 0. The second kappa shape index (κ2) is 10.5. The number of piperidine rings is 2. The van der Waals surface area contributed by atoms with Gasteiger partial charge in [-0.15, -0.1) is 0 Å². The number of nitrogens with zero attached hydrogens (tertiary/aromatic N) is 4. The Labute approximate surface area is 227 Å². The number of hydrogen-bond donors (Lipinski definition) is 0. The Hall–Kier alpha value is -2.77. The molecular formula is C28H32Cl2N4O3. The molecule has 3 fully saturated rings. The molecule has 0 unspecified atom stereocenters. The summed E-state index contributed by atoms with van der Waals surface area (Å²) in [5.41, 5.74) is 0.592. The third-order valence-corrected chi connectivity index (χ3v) is 8.47. The number of para-hydroxylation sites is 1. The van der Waals surface area contributed by atoms with Crippen LogP contribution in [0.3, 0.4) is 0 Å². The highest BCUT2D eigenvalue weighted by Crippen LogP contribution is 2.40.